The molecule has 1 aliphatic rings. The fraction of sp³-hybridized carbons (Fsp3) is 0.500. The lowest BCUT2D eigenvalue weighted by atomic mass is 9.81. The molecule has 4 amide bonds. The van der Waals surface area contributed by atoms with Crippen molar-refractivity contribution in [2.24, 2.45) is 11.8 Å². The Morgan fingerprint density at radius 1 is 0.750 bits per heavy atom. The highest BCUT2D eigenvalue weighted by Crippen LogP contribution is 2.28. The normalized spacial score (nSPS) is 20.9. The summed E-state index contributed by atoms with van der Waals surface area (Å²) in [5.74, 6) is 0.681. The predicted octanol–water partition coefficient (Wildman–Crippen LogP) is 3.64. The first kappa shape index (κ1) is 27.5. The van der Waals surface area contributed by atoms with Gasteiger partial charge in [0.1, 0.15) is 0 Å². The van der Waals surface area contributed by atoms with Crippen LogP contribution < -0.4 is 21.3 Å². The molecule has 6 atom stereocenters. The van der Waals surface area contributed by atoms with Gasteiger partial charge in [-0.2, -0.15) is 0 Å². The number of rotatable bonds is 10. The maximum absolute atomic E-state index is 12.4. The maximum Gasteiger partial charge on any atom is 0.315 e. The van der Waals surface area contributed by atoms with E-state index in [1.54, 1.807) is 13.8 Å². The topological polar surface area (TPSA) is 123 Å². The summed E-state index contributed by atoms with van der Waals surface area (Å²) in [6, 6.07) is 17.1. The van der Waals surface area contributed by atoms with Crippen molar-refractivity contribution in [1.29, 1.82) is 0 Å². The number of hydrogen-bond donors (Lipinski definition) is 6. The molecule has 0 heterocycles. The van der Waals surface area contributed by atoms with Crippen LogP contribution in [0.4, 0.5) is 9.59 Å². The standard InChI is InChI=1S/C28H40N4O4/c1-19(25(33)23-12-5-3-6-13-23)31-27(35)29-17-21-10-9-11-22(16-21)18-30-28(36)32-20(2)26(34)24-14-7-4-8-15-24/h3-8,12-15,19-22,25-26,33-34H,9-11,16-18H2,1-2H3,(H2,29,31,35)(H2,30,32,36)/t19-,20+,21+,22-,25-,26-/m1/s1. The van der Waals surface area contributed by atoms with Gasteiger partial charge in [0.15, 0.2) is 0 Å². The van der Waals surface area contributed by atoms with Crippen LogP contribution in [0, 0.1) is 11.8 Å². The van der Waals surface area contributed by atoms with E-state index in [1.165, 1.54) is 0 Å². The van der Waals surface area contributed by atoms with Crippen molar-refractivity contribution in [1.82, 2.24) is 21.3 Å². The van der Waals surface area contributed by atoms with Gasteiger partial charge in [-0.05, 0) is 56.1 Å². The van der Waals surface area contributed by atoms with Crippen molar-refractivity contribution < 1.29 is 19.8 Å². The van der Waals surface area contributed by atoms with E-state index in [2.05, 4.69) is 21.3 Å². The number of aliphatic hydroxyl groups is 2. The Morgan fingerprint density at radius 2 is 1.14 bits per heavy atom. The van der Waals surface area contributed by atoms with E-state index >= 15 is 0 Å². The minimum Gasteiger partial charge on any atom is -0.386 e. The summed E-state index contributed by atoms with van der Waals surface area (Å²) in [7, 11) is 0. The summed E-state index contributed by atoms with van der Waals surface area (Å²) in [4.78, 5) is 24.7. The van der Waals surface area contributed by atoms with Gasteiger partial charge in [-0.1, -0.05) is 67.1 Å². The summed E-state index contributed by atoms with van der Waals surface area (Å²) in [6.07, 6.45) is 2.49. The highest BCUT2D eigenvalue weighted by molar-refractivity contribution is 5.74. The Morgan fingerprint density at radius 3 is 1.53 bits per heavy atom. The van der Waals surface area contributed by atoms with Gasteiger partial charge in [0, 0.05) is 13.1 Å². The molecule has 2 aromatic carbocycles. The molecule has 36 heavy (non-hydrogen) atoms. The molecule has 0 saturated heterocycles. The van der Waals surface area contributed by atoms with Crippen LogP contribution in [-0.2, 0) is 0 Å². The van der Waals surface area contributed by atoms with E-state index in [9.17, 15) is 19.8 Å². The molecule has 0 aliphatic heterocycles. The highest BCUT2D eigenvalue weighted by atomic mass is 16.3. The van der Waals surface area contributed by atoms with E-state index in [1.807, 2.05) is 60.7 Å². The molecular formula is C28H40N4O4. The van der Waals surface area contributed by atoms with Gasteiger partial charge in [-0.3, -0.25) is 0 Å². The van der Waals surface area contributed by atoms with Gasteiger partial charge in [-0.15, -0.1) is 0 Å². The number of carbonyl (C=O) groups excluding carboxylic acids is 2. The third kappa shape index (κ3) is 8.53. The molecule has 196 valence electrons. The zero-order chi connectivity index (χ0) is 25.9. The van der Waals surface area contributed by atoms with Crippen LogP contribution in [0.5, 0.6) is 0 Å². The van der Waals surface area contributed by atoms with Crippen LogP contribution in [0.2, 0.25) is 0 Å². The van der Waals surface area contributed by atoms with Crippen LogP contribution in [-0.4, -0.2) is 47.4 Å². The molecule has 8 nitrogen and oxygen atoms in total. The summed E-state index contributed by atoms with van der Waals surface area (Å²) >= 11 is 0. The van der Waals surface area contributed by atoms with Crippen LogP contribution in [0.3, 0.4) is 0 Å². The second-order valence-electron chi connectivity index (χ2n) is 9.90. The quantitative estimate of drug-likeness (QED) is 0.301. The number of urea groups is 2. The van der Waals surface area contributed by atoms with Crippen molar-refractivity contribution >= 4 is 12.1 Å². The Hall–Kier alpha value is -3.10. The van der Waals surface area contributed by atoms with E-state index < -0.39 is 24.3 Å². The van der Waals surface area contributed by atoms with Crippen LogP contribution >= 0.6 is 0 Å². The Balaban J connectivity index is 1.35. The average Bonchev–Trinajstić information content (AvgIpc) is 2.91. The summed E-state index contributed by atoms with van der Waals surface area (Å²) in [5.41, 5.74) is 1.53. The second kappa shape index (κ2) is 13.8. The smallest absolute Gasteiger partial charge is 0.315 e. The predicted molar refractivity (Wildman–Crippen MR) is 140 cm³/mol. The van der Waals surface area contributed by atoms with Crippen molar-refractivity contribution in [3.05, 3.63) is 71.8 Å². The lowest BCUT2D eigenvalue weighted by molar-refractivity contribution is 0.136. The third-order valence-electron chi connectivity index (χ3n) is 6.94. The van der Waals surface area contributed by atoms with Gasteiger partial charge >= 0.3 is 12.1 Å². The molecule has 0 bridgehead atoms. The van der Waals surface area contributed by atoms with Gasteiger partial charge < -0.3 is 31.5 Å². The number of hydrogen-bond acceptors (Lipinski definition) is 4. The number of carbonyl (C=O) groups is 2. The Bertz CT molecular complexity index is 868. The maximum atomic E-state index is 12.4. The van der Waals surface area contributed by atoms with Crippen LogP contribution in [0.25, 0.3) is 0 Å². The van der Waals surface area contributed by atoms with E-state index in [-0.39, 0.29) is 12.1 Å². The van der Waals surface area contributed by atoms with Gasteiger partial charge in [0.2, 0.25) is 0 Å². The van der Waals surface area contributed by atoms with E-state index in [0.29, 0.717) is 24.9 Å². The molecule has 1 fully saturated rings. The molecule has 3 rings (SSSR count). The van der Waals surface area contributed by atoms with E-state index in [0.717, 1.165) is 36.8 Å². The molecule has 1 aliphatic carbocycles. The minimum absolute atomic E-state index is 0.289. The average molecular weight is 497 g/mol. The molecule has 0 aromatic heterocycles. The lowest BCUT2D eigenvalue weighted by Crippen LogP contribution is -2.46. The largest absolute Gasteiger partial charge is 0.386 e. The zero-order valence-electron chi connectivity index (χ0n) is 21.2. The molecule has 0 spiro atoms. The number of benzene rings is 2. The first-order chi connectivity index (χ1) is 17.3. The van der Waals surface area contributed by atoms with Crippen LogP contribution in [0.1, 0.15) is 62.9 Å². The molecule has 2 aromatic rings. The molecule has 0 unspecified atom stereocenters. The van der Waals surface area contributed by atoms with Crippen molar-refractivity contribution in [2.75, 3.05) is 13.1 Å². The number of nitrogens with one attached hydrogen (secondary N) is 4. The first-order valence-electron chi connectivity index (χ1n) is 12.9. The molecule has 6 N–H and O–H groups in total. The minimum atomic E-state index is -0.773. The number of amides is 4. The monoisotopic (exact) mass is 496 g/mol. The SMILES string of the molecule is C[C@H](NC(=O)NC[C@@H]1CCC[C@H](CNC(=O)N[C@H](C)[C@@H](O)c2ccccc2)C1)[C@@H](O)c1ccccc1. The lowest BCUT2D eigenvalue weighted by Gasteiger charge is -2.30. The summed E-state index contributed by atoms with van der Waals surface area (Å²) in [5, 5.41) is 32.4. The van der Waals surface area contributed by atoms with Crippen LogP contribution in [0.15, 0.2) is 60.7 Å². The first-order valence-corrected chi connectivity index (χ1v) is 12.9. The highest BCUT2D eigenvalue weighted by Gasteiger charge is 2.24. The van der Waals surface area contributed by atoms with Crippen molar-refractivity contribution in [2.45, 2.75) is 63.8 Å². The Kier molecular flexibility index (Phi) is 10.6. The molecule has 8 heteroatoms. The van der Waals surface area contributed by atoms with Gasteiger partial charge in [-0.25, -0.2) is 9.59 Å². The summed E-state index contributed by atoms with van der Waals surface area (Å²) < 4.78 is 0. The third-order valence-corrected chi connectivity index (χ3v) is 6.94. The van der Waals surface area contributed by atoms with E-state index in [4.69, 9.17) is 0 Å². The van der Waals surface area contributed by atoms with Crippen molar-refractivity contribution in [3.8, 4) is 0 Å². The molecule has 0 radical (unpaired) electrons. The fourth-order valence-electron chi connectivity index (χ4n) is 4.80. The number of aliphatic hydroxyl groups excluding tert-OH is 2. The molecule has 1 saturated carbocycles. The zero-order valence-corrected chi connectivity index (χ0v) is 21.2. The molecular weight excluding hydrogens is 456 g/mol. The van der Waals surface area contributed by atoms with Crippen molar-refractivity contribution in [3.63, 3.8) is 0 Å². The Labute approximate surface area is 213 Å². The van der Waals surface area contributed by atoms with Gasteiger partial charge in [0.05, 0.1) is 24.3 Å². The summed E-state index contributed by atoms with van der Waals surface area (Å²) in [6.45, 7) is 4.68. The second-order valence-corrected chi connectivity index (χ2v) is 9.90. The van der Waals surface area contributed by atoms with Gasteiger partial charge in [0.25, 0.3) is 0 Å². The fourth-order valence-corrected chi connectivity index (χ4v) is 4.80.